The van der Waals surface area contributed by atoms with Crippen LogP contribution in [0.3, 0.4) is 0 Å². The van der Waals surface area contributed by atoms with Crippen molar-refractivity contribution in [1.82, 2.24) is 25.3 Å². The molecular weight excluding hydrogens is 280 g/mol. The molecule has 3 rings (SSSR count). The number of nitrogens with one attached hydrogen (secondary N) is 1. The molecule has 0 aliphatic carbocycles. The van der Waals surface area contributed by atoms with Gasteiger partial charge in [-0.3, -0.25) is 4.79 Å². The van der Waals surface area contributed by atoms with Crippen LogP contribution in [0.4, 0.5) is 5.82 Å². The lowest BCUT2D eigenvalue weighted by Crippen LogP contribution is -2.47. The molecule has 1 aliphatic heterocycles. The quantitative estimate of drug-likeness (QED) is 0.918. The standard InChI is InChI=1S/C15H20N6O/c1-11-7-9-21(19-11)15-6-5-14(17-18-15)20-8-3-4-13(10-20)16-12(2)22/h5-7,9,13H,3-4,8,10H2,1-2H3,(H,16,22)/t13-/m0/s1. The van der Waals surface area contributed by atoms with Crippen molar-refractivity contribution in [2.75, 3.05) is 18.0 Å². The molecule has 2 aromatic rings. The van der Waals surface area contributed by atoms with Gasteiger partial charge >= 0.3 is 0 Å². The number of anilines is 1. The van der Waals surface area contributed by atoms with E-state index in [0.717, 1.165) is 37.4 Å². The third-order valence-electron chi connectivity index (χ3n) is 3.75. The minimum Gasteiger partial charge on any atom is -0.353 e. The average Bonchev–Trinajstić information content (AvgIpc) is 2.94. The van der Waals surface area contributed by atoms with E-state index in [4.69, 9.17) is 0 Å². The first-order valence-corrected chi connectivity index (χ1v) is 7.50. The van der Waals surface area contributed by atoms with Gasteiger partial charge in [0.05, 0.1) is 5.69 Å². The van der Waals surface area contributed by atoms with E-state index >= 15 is 0 Å². The van der Waals surface area contributed by atoms with Crippen molar-refractivity contribution in [3.8, 4) is 5.82 Å². The number of hydrogen-bond acceptors (Lipinski definition) is 5. The third-order valence-corrected chi connectivity index (χ3v) is 3.75. The first kappa shape index (κ1) is 14.5. The summed E-state index contributed by atoms with van der Waals surface area (Å²) in [6.07, 6.45) is 3.91. The van der Waals surface area contributed by atoms with Crippen molar-refractivity contribution >= 4 is 11.7 Å². The lowest BCUT2D eigenvalue weighted by Gasteiger charge is -2.33. The lowest BCUT2D eigenvalue weighted by atomic mass is 10.1. The topological polar surface area (TPSA) is 75.9 Å². The molecule has 1 fully saturated rings. The van der Waals surface area contributed by atoms with E-state index in [-0.39, 0.29) is 11.9 Å². The van der Waals surface area contributed by atoms with E-state index < -0.39 is 0 Å². The summed E-state index contributed by atoms with van der Waals surface area (Å²) in [6.45, 7) is 5.20. The second-order valence-corrected chi connectivity index (χ2v) is 5.64. The minimum atomic E-state index is 0.0161. The molecule has 1 N–H and O–H groups in total. The summed E-state index contributed by atoms with van der Waals surface area (Å²) in [5, 5.41) is 15.8. The lowest BCUT2D eigenvalue weighted by molar-refractivity contribution is -0.119. The Labute approximate surface area is 129 Å². The summed E-state index contributed by atoms with van der Waals surface area (Å²) >= 11 is 0. The zero-order chi connectivity index (χ0) is 15.5. The number of rotatable bonds is 3. The van der Waals surface area contributed by atoms with E-state index in [1.807, 2.05) is 31.3 Å². The molecular formula is C15H20N6O. The van der Waals surface area contributed by atoms with Gasteiger partial charge in [0.25, 0.3) is 0 Å². The van der Waals surface area contributed by atoms with Gasteiger partial charge in [-0.1, -0.05) is 0 Å². The average molecular weight is 300 g/mol. The Kier molecular flexibility index (Phi) is 4.04. The van der Waals surface area contributed by atoms with Gasteiger partial charge in [0, 0.05) is 32.3 Å². The highest BCUT2D eigenvalue weighted by atomic mass is 16.1. The summed E-state index contributed by atoms with van der Waals surface area (Å²) in [7, 11) is 0. The Bertz CT molecular complexity index is 650. The van der Waals surface area contributed by atoms with Crippen molar-refractivity contribution in [3.63, 3.8) is 0 Å². The Morgan fingerprint density at radius 1 is 1.27 bits per heavy atom. The van der Waals surface area contributed by atoms with Crippen LogP contribution >= 0.6 is 0 Å². The van der Waals surface area contributed by atoms with E-state index in [0.29, 0.717) is 5.82 Å². The highest BCUT2D eigenvalue weighted by molar-refractivity contribution is 5.73. The smallest absolute Gasteiger partial charge is 0.217 e. The van der Waals surface area contributed by atoms with Crippen molar-refractivity contribution < 1.29 is 4.79 Å². The van der Waals surface area contributed by atoms with Gasteiger partial charge in [0.2, 0.25) is 5.91 Å². The molecule has 0 aromatic carbocycles. The van der Waals surface area contributed by atoms with E-state index in [2.05, 4.69) is 25.5 Å². The van der Waals surface area contributed by atoms with Crippen LogP contribution in [0.1, 0.15) is 25.5 Å². The normalized spacial score (nSPS) is 18.3. The molecule has 1 amide bonds. The number of carbonyl (C=O) groups is 1. The summed E-state index contributed by atoms with van der Waals surface area (Å²) in [6, 6.07) is 5.98. The Balaban J connectivity index is 1.71. The molecule has 1 saturated heterocycles. The monoisotopic (exact) mass is 300 g/mol. The number of nitrogens with zero attached hydrogens (tertiary/aromatic N) is 5. The number of hydrogen-bond donors (Lipinski definition) is 1. The van der Waals surface area contributed by atoms with Crippen molar-refractivity contribution in [2.45, 2.75) is 32.7 Å². The highest BCUT2D eigenvalue weighted by Crippen LogP contribution is 2.18. The van der Waals surface area contributed by atoms with E-state index in [9.17, 15) is 4.79 Å². The molecule has 0 unspecified atom stereocenters. The number of piperidine rings is 1. The fourth-order valence-corrected chi connectivity index (χ4v) is 2.74. The summed E-state index contributed by atoms with van der Waals surface area (Å²) in [5.41, 5.74) is 0.944. The van der Waals surface area contributed by atoms with Crippen molar-refractivity contribution in [1.29, 1.82) is 0 Å². The molecule has 1 atom stereocenters. The first-order chi connectivity index (χ1) is 10.6. The predicted molar refractivity (Wildman–Crippen MR) is 82.9 cm³/mol. The Morgan fingerprint density at radius 2 is 2.05 bits per heavy atom. The van der Waals surface area contributed by atoms with Crippen LogP contribution in [0.2, 0.25) is 0 Å². The van der Waals surface area contributed by atoms with Gasteiger partial charge in [-0.25, -0.2) is 4.68 Å². The second kappa shape index (κ2) is 6.13. The molecule has 0 spiro atoms. The number of aromatic nitrogens is 4. The maximum Gasteiger partial charge on any atom is 0.217 e. The van der Waals surface area contributed by atoms with Gasteiger partial charge in [-0.05, 0) is 38.0 Å². The molecule has 0 saturated carbocycles. The number of carbonyl (C=O) groups excluding carboxylic acids is 1. The zero-order valence-electron chi connectivity index (χ0n) is 12.9. The van der Waals surface area contributed by atoms with Crippen LogP contribution < -0.4 is 10.2 Å². The maximum absolute atomic E-state index is 11.2. The van der Waals surface area contributed by atoms with Crippen LogP contribution in [-0.2, 0) is 4.79 Å². The van der Waals surface area contributed by atoms with Crippen molar-refractivity contribution in [3.05, 3.63) is 30.1 Å². The SMILES string of the molecule is CC(=O)N[C@H]1CCCN(c2ccc(-n3ccc(C)n3)nn2)C1. The van der Waals surface area contributed by atoms with Gasteiger partial charge in [0.1, 0.15) is 0 Å². The Hall–Kier alpha value is -2.44. The fraction of sp³-hybridized carbons (Fsp3) is 0.467. The van der Waals surface area contributed by atoms with Crippen molar-refractivity contribution in [2.24, 2.45) is 0 Å². The third kappa shape index (κ3) is 3.24. The predicted octanol–water partition coefficient (Wildman–Crippen LogP) is 1.08. The summed E-state index contributed by atoms with van der Waals surface area (Å²) in [5.74, 6) is 1.55. The van der Waals surface area contributed by atoms with Gasteiger partial charge in [0.15, 0.2) is 11.6 Å². The maximum atomic E-state index is 11.2. The van der Waals surface area contributed by atoms with Crippen LogP contribution in [-0.4, -0.2) is 45.0 Å². The van der Waals surface area contributed by atoms with Crippen LogP contribution in [0, 0.1) is 6.92 Å². The number of aryl methyl sites for hydroxylation is 1. The molecule has 0 bridgehead atoms. The molecule has 7 heteroatoms. The number of amides is 1. The molecule has 116 valence electrons. The van der Waals surface area contributed by atoms with E-state index in [1.165, 1.54) is 0 Å². The fourth-order valence-electron chi connectivity index (χ4n) is 2.74. The first-order valence-electron chi connectivity index (χ1n) is 7.50. The Morgan fingerprint density at radius 3 is 2.68 bits per heavy atom. The molecule has 7 nitrogen and oxygen atoms in total. The van der Waals surface area contributed by atoms with Crippen LogP contribution in [0.25, 0.3) is 5.82 Å². The summed E-state index contributed by atoms with van der Waals surface area (Å²) in [4.78, 5) is 13.4. The zero-order valence-corrected chi connectivity index (χ0v) is 12.9. The summed E-state index contributed by atoms with van der Waals surface area (Å²) < 4.78 is 1.71. The largest absolute Gasteiger partial charge is 0.353 e. The highest BCUT2D eigenvalue weighted by Gasteiger charge is 2.21. The molecule has 2 aromatic heterocycles. The molecule has 3 heterocycles. The molecule has 1 aliphatic rings. The van der Waals surface area contributed by atoms with Gasteiger partial charge in [-0.2, -0.15) is 5.10 Å². The van der Waals surface area contributed by atoms with E-state index in [1.54, 1.807) is 11.6 Å². The van der Waals surface area contributed by atoms with Crippen LogP contribution in [0.15, 0.2) is 24.4 Å². The molecule has 22 heavy (non-hydrogen) atoms. The molecule has 0 radical (unpaired) electrons. The van der Waals surface area contributed by atoms with Gasteiger partial charge < -0.3 is 10.2 Å². The van der Waals surface area contributed by atoms with Gasteiger partial charge in [-0.15, -0.1) is 10.2 Å². The minimum absolute atomic E-state index is 0.0161. The van der Waals surface area contributed by atoms with Crippen LogP contribution in [0.5, 0.6) is 0 Å². The second-order valence-electron chi connectivity index (χ2n) is 5.64.